The van der Waals surface area contributed by atoms with E-state index in [0.717, 1.165) is 51.3 Å². The summed E-state index contributed by atoms with van der Waals surface area (Å²) in [6.45, 7) is 6.17. The van der Waals surface area contributed by atoms with Gasteiger partial charge in [0.25, 0.3) is 0 Å². The van der Waals surface area contributed by atoms with Gasteiger partial charge in [0.1, 0.15) is 0 Å². The molecule has 1 amide bonds. The highest BCUT2D eigenvalue weighted by Gasteiger charge is 2.39. The zero-order valence-electron chi connectivity index (χ0n) is 16.0. The summed E-state index contributed by atoms with van der Waals surface area (Å²) in [5, 5.41) is 3.24. The lowest BCUT2D eigenvalue weighted by Gasteiger charge is -2.48. The summed E-state index contributed by atoms with van der Waals surface area (Å²) >= 11 is 0. The Bertz CT molecular complexity index is 566. The zero-order chi connectivity index (χ0) is 18.4. The minimum absolute atomic E-state index is 0.0551. The van der Waals surface area contributed by atoms with Crippen molar-refractivity contribution >= 4 is 5.91 Å². The van der Waals surface area contributed by atoms with Crippen LogP contribution in [0.15, 0.2) is 30.3 Å². The standard InChI is InChI=1S/C21H33N3O2/c1-17(19(22)18-8-4-2-5-9-18)20(25)23-16-21(10-6-3-7-11-21)24-12-14-26-15-13-24/h2,4-5,8-9,17,19H,3,6-7,10-16,22H2,1H3,(H,23,25). The fraction of sp³-hybridized carbons (Fsp3) is 0.667. The summed E-state index contributed by atoms with van der Waals surface area (Å²) in [6.07, 6.45) is 6.10. The van der Waals surface area contributed by atoms with Crippen LogP contribution in [0.3, 0.4) is 0 Å². The van der Waals surface area contributed by atoms with Crippen LogP contribution < -0.4 is 11.1 Å². The van der Waals surface area contributed by atoms with E-state index >= 15 is 0 Å². The Labute approximate surface area is 157 Å². The zero-order valence-corrected chi connectivity index (χ0v) is 16.0. The highest BCUT2D eigenvalue weighted by molar-refractivity contribution is 5.79. The number of morpholine rings is 1. The van der Waals surface area contributed by atoms with Gasteiger partial charge in [-0.05, 0) is 18.4 Å². The van der Waals surface area contributed by atoms with Gasteiger partial charge in [-0.2, -0.15) is 0 Å². The van der Waals surface area contributed by atoms with Crippen LogP contribution in [-0.2, 0) is 9.53 Å². The van der Waals surface area contributed by atoms with Crippen LogP contribution in [0.25, 0.3) is 0 Å². The second-order valence-corrected chi connectivity index (χ2v) is 7.83. The predicted molar refractivity (Wildman–Crippen MR) is 104 cm³/mol. The Morgan fingerprint density at radius 2 is 1.85 bits per heavy atom. The second kappa shape index (κ2) is 8.98. The molecule has 2 fully saturated rings. The SMILES string of the molecule is CC(C(=O)NCC1(N2CCOCC2)CCCCC1)C(N)c1ccccc1. The lowest BCUT2D eigenvalue weighted by atomic mass is 9.79. The number of hydrogen-bond acceptors (Lipinski definition) is 4. The maximum atomic E-state index is 12.8. The molecule has 0 bridgehead atoms. The number of nitrogens with zero attached hydrogens (tertiary/aromatic N) is 1. The van der Waals surface area contributed by atoms with Gasteiger partial charge in [0, 0.05) is 31.2 Å². The first kappa shape index (κ1) is 19.3. The van der Waals surface area contributed by atoms with Gasteiger partial charge in [-0.1, -0.05) is 56.5 Å². The minimum Gasteiger partial charge on any atom is -0.379 e. The second-order valence-electron chi connectivity index (χ2n) is 7.83. The van der Waals surface area contributed by atoms with Crippen molar-refractivity contribution in [2.45, 2.75) is 50.6 Å². The molecule has 3 rings (SSSR count). The molecule has 1 heterocycles. The third kappa shape index (κ3) is 4.45. The van der Waals surface area contributed by atoms with Gasteiger partial charge in [-0.15, -0.1) is 0 Å². The highest BCUT2D eigenvalue weighted by atomic mass is 16.5. The average molecular weight is 360 g/mol. The Morgan fingerprint density at radius 1 is 1.19 bits per heavy atom. The minimum atomic E-state index is -0.276. The quantitative estimate of drug-likeness (QED) is 0.819. The molecule has 3 N–H and O–H groups in total. The maximum Gasteiger partial charge on any atom is 0.224 e. The molecule has 1 aliphatic carbocycles. The van der Waals surface area contributed by atoms with Crippen molar-refractivity contribution in [2.24, 2.45) is 11.7 Å². The van der Waals surface area contributed by atoms with Crippen LogP contribution in [0.4, 0.5) is 0 Å². The molecule has 144 valence electrons. The molecule has 1 saturated carbocycles. The molecule has 26 heavy (non-hydrogen) atoms. The largest absolute Gasteiger partial charge is 0.379 e. The van der Waals surface area contributed by atoms with E-state index in [1.165, 1.54) is 19.3 Å². The molecule has 0 spiro atoms. The number of carbonyl (C=O) groups excluding carboxylic acids is 1. The molecule has 1 aromatic carbocycles. The molecular weight excluding hydrogens is 326 g/mol. The van der Waals surface area contributed by atoms with Crippen LogP contribution in [0, 0.1) is 5.92 Å². The van der Waals surface area contributed by atoms with E-state index in [-0.39, 0.29) is 23.4 Å². The lowest BCUT2D eigenvalue weighted by Crippen LogP contribution is -2.60. The molecule has 5 heteroatoms. The van der Waals surface area contributed by atoms with Gasteiger partial charge in [0.15, 0.2) is 0 Å². The van der Waals surface area contributed by atoms with E-state index in [1.807, 2.05) is 37.3 Å². The fourth-order valence-corrected chi connectivity index (χ4v) is 4.39. The Morgan fingerprint density at radius 3 is 2.50 bits per heavy atom. The molecular formula is C21H33N3O2. The van der Waals surface area contributed by atoms with E-state index in [9.17, 15) is 4.79 Å². The molecule has 2 aliphatic rings. The van der Waals surface area contributed by atoms with E-state index in [1.54, 1.807) is 0 Å². The van der Waals surface area contributed by atoms with Crippen LogP contribution in [0.1, 0.15) is 50.6 Å². The Kier molecular flexibility index (Phi) is 6.68. The predicted octanol–water partition coefficient (Wildman–Crippen LogP) is 2.47. The topological polar surface area (TPSA) is 67.6 Å². The van der Waals surface area contributed by atoms with E-state index in [0.29, 0.717) is 0 Å². The van der Waals surface area contributed by atoms with Crippen LogP contribution in [-0.4, -0.2) is 49.2 Å². The molecule has 1 saturated heterocycles. The van der Waals surface area contributed by atoms with Crippen molar-refractivity contribution in [1.29, 1.82) is 0 Å². The molecule has 1 aliphatic heterocycles. The van der Waals surface area contributed by atoms with E-state index in [4.69, 9.17) is 10.5 Å². The van der Waals surface area contributed by atoms with Gasteiger partial charge in [0.2, 0.25) is 5.91 Å². The first-order valence-electron chi connectivity index (χ1n) is 10.0. The Balaban J connectivity index is 1.61. The summed E-state index contributed by atoms with van der Waals surface area (Å²) in [5.74, 6) is -0.192. The maximum absolute atomic E-state index is 12.8. The van der Waals surface area contributed by atoms with Gasteiger partial charge < -0.3 is 15.8 Å². The average Bonchev–Trinajstić information content (AvgIpc) is 2.73. The summed E-state index contributed by atoms with van der Waals surface area (Å²) in [5.41, 5.74) is 7.44. The molecule has 0 radical (unpaired) electrons. The highest BCUT2D eigenvalue weighted by Crippen LogP contribution is 2.34. The van der Waals surface area contributed by atoms with E-state index in [2.05, 4.69) is 10.2 Å². The number of amides is 1. The Hall–Kier alpha value is -1.43. The normalized spacial score (nSPS) is 23.2. The number of carbonyl (C=O) groups is 1. The lowest BCUT2D eigenvalue weighted by molar-refractivity contribution is -0.126. The number of benzene rings is 1. The van der Waals surface area contributed by atoms with Crippen LogP contribution >= 0.6 is 0 Å². The van der Waals surface area contributed by atoms with Crippen LogP contribution in [0.2, 0.25) is 0 Å². The third-order valence-corrected chi connectivity index (χ3v) is 6.19. The van der Waals surface area contributed by atoms with E-state index < -0.39 is 0 Å². The van der Waals surface area contributed by atoms with Crippen molar-refractivity contribution in [3.8, 4) is 0 Å². The van der Waals surface area contributed by atoms with Crippen molar-refractivity contribution < 1.29 is 9.53 Å². The first-order chi connectivity index (χ1) is 12.6. The van der Waals surface area contributed by atoms with Gasteiger partial charge in [-0.25, -0.2) is 0 Å². The number of ether oxygens (including phenoxy) is 1. The molecule has 0 aromatic heterocycles. The fourth-order valence-electron chi connectivity index (χ4n) is 4.39. The molecule has 2 unspecified atom stereocenters. The van der Waals surface area contributed by atoms with Crippen molar-refractivity contribution in [3.63, 3.8) is 0 Å². The first-order valence-corrected chi connectivity index (χ1v) is 10.0. The molecule has 2 atom stereocenters. The van der Waals surface area contributed by atoms with Crippen molar-refractivity contribution in [2.75, 3.05) is 32.8 Å². The number of nitrogens with one attached hydrogen (secondary N) is 1. The number of rotatable bonds is 6. The summed E-state index contributed by atoms with van der Waals surface area (Å²) in [4.78, 5) is 15.3. The van der Waals surface area contributed by atoms with Crippen molar-refractivity contribution in [3.05, 3.63) is 35.9 Å². The van der Waals surface area contributed by atoms with Crippen molar-refractivity contribution in [1.82, 2.24) is 10.2 Å². The number of nitrogens with two attached hydrogens (primary N) is 1. The third-order valence-electron chi connectivity index (χ3n) is 6.19. The number of hydrogen-bond donors (Lipinski definition) is 2. The monoisotopic (exact) mass is 359 g/mol. The van der Waals surface area contributed by atoms with Crippen LogP contribution in [0.5, 0.6) is 0 Å². The van der Waals surface area contributed by atoms with Gasteiger partial charge in [-0.3, -0.25) is 9.69 Å². The summed E-state index contributed by atoms with van der Waals surface area (Å²) in [7, 11) is 0. The smallest absolute Gasteiger partial charge is 0.224 e. The molecule has 5 nitrogen and oxygen atoms in total. The summed E-state index contributed by atoms with van der Waals surface area (Å²) in [6, 6.07) is 9.61. The molecule has 1 aromatic rings. The van der Waals surface area contributed by atoms with Gasteiger partial charge >= 0.3 is 0 Å². The van der Waals surface area contributed by atoms with Gasteiger partial charge in [0.05, 0.1) is 19.1 Å². The summed E-state index contributed by atoms with van der Waals surface area (Å²) < 4.78 is 5.53.